The van der Waals surface area contributed by atoms with Gasteiger partial charge in [0.2, 0.25) is 0 Å². The molecule has 0 aromatic carbocycles. The van der Waals surface area contributed by atoms with E-state index < -0.39 is 5.60 Å². The van der Waals surface area contributed by atoms with Gasteiger partial charge in [0.15, 0.2) is 0 Å². The Morgan fingerprint density at radius 3 is 2.73 bits per heavy atom. The van der Waals surface area contributed by atoms with E-state index in [-0.39, 0.29) is 12.0 Å². The van der Waals surface area contributed by atoms with Crippen LogP contribution >= 0.6 is 0 Å². The Bertz CT molecular complexity index is 227. The Labute approximate surface area is 94.5 Å². The third-order valence-electron chi connectivity index (χ3n) is 2.34. The van der Waals surface area contributed by atoms with Gasteiger partial charge in [0, 0.05) is 6.54 Å². The topological polar surface area (TPSA) is 38.8 Å². The highest BCUT2D eigenvalue weighted by Crippen LogP contribution is 2.20. The van der Waals surface area contributed by atoms with Gasteiger partial charge >= 0.3 is 5.97 Å². The summed E-state index contributed by atoms with van der Waals surface area (Å²) in [4.78, 5) is 13.9. The number of likely N-dealkylation sites (tertiary alicyclic amines) is 1. The first-order valence-electron chi connectivity index (χ1n) is 5.40. The molecule has 88 valence electrons. The maximum absolute atomic E-state index is 11.8. The fourth-order valence-corrected chi connectivity index (χ4v) is 2.11. The Morgan fingerprint density at radius 1 is 1.53 bits per heavy atom. The Morgan fingerprint density at radius 2 is 2.20 bits per heavy atom. The van der Waals surface area contributed by atoms with Crippen molar-refractivity contribution in [1.82, 2.24) is 4.90 Å². The molecule has 1 unspecified atom stereocenters. The van der Waals surface area contributed by atoms with Crippen molar-refractivity contribution in [2.45, 2.75) is 45.3 Å². The standard InChI is InChI=1S/C10H21NO3Si/c1-10(2,3)14-9(12)8-5-4-6-11(8)7-13-15/h8H,4-7H2,1-3,15H3. The summed E-state index contributed by atoms with van der Waals surface area (Å²) in [5.41, 5.74) is -0.396. The molecule has 1 aliphatic rings. The summed E-state index contributed by atoms with van der Waals surface area (Å²) < 4.78 is 10.6. The molecule has 0 N–H and O–H groups in total. The van der Waals surface area contributed by atoms with Crippen molar-refractivity contribution < 1.29 is 14.0 Å². The molecule has 1 rings (SSSR count). The number of nitrogens with zero attached hydrogens (tertiary/aromatic N) is 1. The number of ether oxygens (including phenoxy) is 1. The molecule has 0 spiro atoms. The molecular formula is C10H21NO3Si. The fraction of sp³-hybridized carbons (Fsp3) is 0.900. The zero-order valence-electron chi connectivity index (χ0n) is 10.1. The highest BCUT2D eigenvalue weighted by molar-refractivity contribution is 5.97. The van der Waals surface area contributed by atoms with Gasteiger partial charge in [0.1, 0.15) is 22.1 Å². The van der Waals surface area contributed by atoms with Gasteiger partial charge in [-0.15, -0.1) is 0 Å². The molecular weight excluding hydrogens is 210 g/mol. The average molecular weight is 231 g/mol. The molecule has 1 saturated heterocycles. The van der Waals surface area contributed by atoms with Crippen molar-refractivity contribution in [2.75, 3.05) is 13.3 Å². The Hall–Kier alpha value is -0.393. The molecule has 4 nitrogen and oxygen atoms in total. The molecule has 0 radical (unpaired) electrons. The van der Waals surface area contributed by atoms with E-state index >= 15 is 0 Å². The normalized spacial score (nSPS) is 23.3. The number of rotatable bonds is 3. The predicted molar refractivity (Wildman–Crippen MR) is 61.5 cm³/mol. The van der Waals surface area contributed by atoms with Crippen molar-refractivity contribution in [3.05, 3.63) is 0 Å². The van der Waals surface area contributed by atoms with Crippen LogP contribution in [0.5, 0.6) is 0 Å². The molecule has 5 heteroatoms. The molecule has 0 saturated carbocycles. The number of carbonyl (C=O) groups is 1. The molecule has 1 atom stereocenters. The molecule has 1 fully saturated rings. The van der Waals surface area contributed by atoms with Crippen LogP contribution in [-0.4, -0.2) is 46.3 Å². The van der Waals surface area contributed by atoms with Crippen LogP contribution in [-0.2, 0) is 14.0 Å². The van der Waals surface area contributed by atoms with E-state index in [4.69, 9.17) is 9.16 Å². The van der Waals surface area contributed by atoms with Gasteiger partial charge in [-0.05, 0) is 33.6 Å². The molecule has 0 bridgehead atoms. The highest BCUT2D eigenvalue weighted by atomic mass is 28.2. The first kappa shape index (κ1) is 12.7. The monoisotopic (exact) mass is 231 g/mol. The number of esters is 1. The average Bonchev–Trinajstić information content (AvgIpc) is 2.49. The SMILES string of the molecule is CC(C)(C)OC(=O)C1CCCN1CO[SiH3]. The molecule has 1 aliphatic heterocycles. The van der Waals surface area contributed by atoms with Gasteiger partial charge in [-0.3, -0.25) is 9.69 Å². The van der Waals surface area contributed by atoms with Crippen molar-refractivity contribution in [2.24, 2.45) is 0 Å². The first-order valence-corrected chi connectivity index (χ1v) is 6.21. The first-order chi connectivity index (χ1) is 6.94. The lowest BCUT2D eigenvalue weighted by Gasteiger charge is -2.26. The number of hydrogen-bond acceptors (Lipinski definition) is 4. The molecule has 1 heterocycles. The van der Waals surface area contributed by atoms with Crippen LogP contribution in [0.4, 0.5) is 0 Å². The van der Waals surface area contributed by atoms with Crippen LogP contribution in [0.15, 0.2) is 0 Å². The lowest BCUT2D eigenvalue weighted by Crippen LogP contribution is -2.41. The van der Waals surface area contributed by atoms with E-state index in [0.717, 1.165) is 19.4 Å². The Kier molecular flexibility index (Phi) is 4.30. The van der Waals surface area contributed by atoms with Crippen LogP contribution in [0.2, 0.25) is 0 Å². The van der Waals surface area contributed by atoms with Gasteiger partial charge in [0.05, 0.1) is 6.73 Å². The van der Waals surface area contributed by atoms with Gasteiger partial charge in [-0.2, -0.15) is 0 Å². The highest BCUT2D eigenvalue weighted by Gasteiger charge is 2.33. The smallest absolute Gasteiger partial charge is 0.323 e. The van der Waals surface area contributed by atoms with Crippen molar-refractivity contribution >= 4 is 16.5 Å². The van der Waals surface area contributed by atoms with Crippen LogP contribution < -0.4 is 0 Å². The summed E-state index contributed by atoms with van der Waals surface area (Å²) in [7, 11) is 0.710. The zero-order chi connectivity index (χ0) is 11.5. The maximum atomic E-state index is 11.8. The molecule has 15 heavy (non-hydrogen) atoms. The van der Waals surface area contributed by atoms with E-state index in [1.54, 1.807) is 0 Å². The minimum atomic E-state index is -0.396. The quantitative estimate of drug-likeness (QED) is 0.508. The lowest BCUT2D eigenvalue weighted by atomic mass is 10.1. The van der Waals surface area contributed by atoms with E-state index in [1.165, 1.54) is 0 Å². The van der Waals surface area contributed by atoms with Crippen LogP contribution in [0.3, 0.4) is 0 Å². The summed E-state index contributed by atoms with van der Waals surface area (Å²) in [5.74, 6) is -0.112. The second-order valence-corrected chi connectivity index (χ2v) is 5.50. The van der Waals surface area contributed by atoms with E-state index in [0.29, 0.717) is 17.2 Å². The summed E-state index contributed by atoms with van der Waals surface area (Å²) in [5, 5.41) is 0. The van der Waals surface area contributed by atoms with Gasteiger partial charge in [-0.1, -0.05) is 0 Å². The van der Waals surface area contributed by atoms with E-state index in [2.05, 4.69) is 4.90 Å². The van der Waals surface area contributed by atoms with Gasteiger partial charge in [0.25, 0.3) is 0 Å². The largest absolute Gasteiger partial charge is 0.459 e. The predicted octanol–water partition coefficient (Wildman–Crippen LogP) is 0.0470. The summed E-state index contributed by atoms with van der Waals surface area (Å²) in [6.07, 6.45) is 1.94. The minimum absolute atomic E-state index is 0.0989. The third kappa shape index (κ3) is 3.93. The van der Waals surface area contributed by atoms with Crippen LogP contribution in [0, 0.1) is 0 Å². The van der Waals surface area contributed by atoms with Crippen molar-refractivity contribution in [3.63, 3.8) is 0 Å². The zero-order valence-corrected chi connectivity index (χ0v) is 12.1. The van der Waals surface area contributed by atoms with E-state index in [9.17, 15) is 4.79 Å². The summed E-state index contributed by atoms with van der Waals surface area (Å²) in [6.45, 7) is 7.19. The van der Waals surface area contributed by atoms with Crippen molar-refractivity contribution in [1.29, 1.82) is 0 Å². The number of hydrogen-bond donors (Lipinski definition) is 0. The van der Waals surface area contributed by atoms with Gasteiger partial charge < -0.3 is 9.16 Å². The minimum Gasteiger partial charge on any atom is -0.459 e. The molecule has 0 aliphatic carbocycles. The van der Waals surface area contributed by atoms with Gasteiger partial charge in [-0.25, -0.2) is 0 Å². The van der Waals surface area contributed by atoms with Crippen LogP contribution in [0.25, 0.3) is 0 Å². The molecule has 0 amide bonds. The number of carbonyl (C=O) groups excluding carboxylic acids is 1. The second kappa shape index (κ2) is 5.09. The van der Waals surface area contributed by atoms with Crippen LogP contribution in [0.1, 0.15) is 33.6 Å². The second-order valence-electron chi connectivity index (χ2n) is 4.92. The summed E-state index contributed by atoms with van der Waals surface area (Å²) >= 11 is 0. The Balaban J connectivity index is 2.51. The molecule has 0 aromatic heterocycles. The third-order valence-corrected chi connectivity index (χ3v) is 2.60. The lowest BCUT2D eigenvalue weighted by molar-refractivity contribution is -0.161. The van der Waals surface area contributed by atoms with Crippen molar-refractivity contribution in [3.8, 4) is 0 Å². The van der Waals surface area contributed by atoms with E-state index in [1.807, 2.05) is 20.8 Å². The maximum Gasteiger partial charge on any atom is 0.323 e. The fourth-order valence-electron chi connectivity index (χ4n) is 1.78. The molecule has 0 aromatic rings. The summed E-state index contributed by atoms with van der Waals surface area (Å²) in [6, 6.07) is -0.0989.